The van der Waals surface area contributed by atoms with Crippen LogP contribution in [0.25, 0.3) is 22.3 Å². The van der Waals surface area contributed by atoms with E-state index in [2.05, 4.69) is 29.9 Å². The topological polar surface area (TPSA) is 332 Å². The molecule has 26 heteroatoms. The zero-order valence-corrected chi connectivity index (χ0v) is 26.3. The predicted octanol–water partition coefficient (Wildman–Crippen LogP) is -2.31. The number of phosphoric ester groups is 1. The molecule has 0 saturated carbocycles. The van der Waals surface area contributed by atoms with E-state index in [9.17, 15) is 33.8 Å². The van der Waals surface area contributed by atoms with Crippen LogP contribution in [0.1, 0.15) is 12.5 Å². The minimum Gasteiger partial charge on any atom is -0.756 e. The lowest BCUT2D eigenvalue weighted by Crippen LogP contribution is -2.40. The van der Waals surface area contributed by atoms with E-state index in [1.807, 2.05) is 0 Å². The average molecular weight is 720 g/mol. The maximum Gasteiger partial charge on any atom is 0.389 e. The number of aromatic amines is 2. The Labute approximate surface area is 264 Å². The molecular formula is C21H25N10O13P2S-. The Morgan fingerprint density at radius 1 is 0.872 bits per heavy atom. The number of hydrogen-bond acceptors (Lipinski definition) is 20. The monoisotopic (exact) mass is 719 g/mol. The Morgan fingerprint density at radius 2 is 1.34 bits per heavy atom. The SMILES string of the molecule is CSP1(=O)OC[C@H]2O[C@@H](n3cnc4c(=O)[nH]c(N)nc43)[C@H](O)[C@@H]2OP(=O)([O-])OC[C@H]2O[C@@H](n3cnc4c(=O)[nH]c(N)nc43)[C@H](O)[C@@H]2O1. The average Bonchev–Trinajstić information content (AvgIpc) is 3.76. The second-order valence-corrected chi connectivity index (χ2v) is 16.0. The largest absolute Gasteiger partial charge is 0.756 e. The van der Waals surface area contributed by atoms with Gasteiger partial charge in [-0.15, -0.1) is 0 Å². The summed E-state index contributed by atoms with van der Waals surface area (Å²) >= 11 is 0.651. The molecule has 254 valence electrons. The van der Waals surface area contributed by atoms with E-state index >= 15 is 0 Å². The van der Waals surface area contributed by atoms with Crippen molar-refractivity contribution in [3.63, 3.8) is 0 Å². The van der Waals surface area contributed by atoms with Crippen LogP contribution < -0.4 is 27.5 Å². The Kier molecular flexibility index (Phi) is 8.05. The van der Waals surface area contributed by atoms with Crippen LogP contribution in [0.2, 0.25) is 0 Å². The highest BCUT2D eigenvalue weighted by Crippen LogP contribution is 2.62. The Bertz CT molecular complexity index is 2070. The van der Waals surface area contributed by atoms with Crippen LogP contribution in [0.3, 0.4) is 0 Å². The van der Waals surface area contributed by atoms with Gasteiger partial charge in [-0.1, -0.05) is 0 Å². The maximum atomic E-state index is 13.8. The summed E-state index contributed by atoms with van der Waals surface area (Å²) in [5.41, 5.74) is 9.55. The molecule has 10 atom stereocenters. The zero-order chi connectivity index (χ0) is 33.4. The van der Waals surface area contributed by atoms with Gasteiger partial charge in [0.05, 0.1) is 25.9 Å². The standard InChI is InChI=1S/C21H26N10O13P2S/c1-47-46(38)40-3-7-12(10(32)18(42-7)30-4-24-8-14(30)26-20(22)28-16(8)34)43-45(36,37)39-2-6-13(44-46)11(33)19(41-6)31-5-25-9-15(31)27-21(23)29-17(9)35/h4-7,10-13,18-19,32-33H,2-3H2,1H3,(H,36,37)(H3,22,26,28,34)(H3,23,27,29,35)/p-1/t6-,7-,10-,11-,12-,13-,18-,19-,46?/m1/s1. The molecule has 23 nitrogen and oxygen atoms in total. The van der Waals surface area contributed by atoms with Gasteiger partial charge in [0, 0.05) is 0 Å². The first-order valence-corrected chi connectivity index (χ1v) is 18.4. The van der Waals surface area contributed by atoms with E-state index in [1.165, 1.54) is 10.8 Å². The fourth-order valence-electron chi connectivity index (χ4n) is 5.47. The third-order valence-corrected chi connectivity index (χ3v) is 11.9. The third-order valence-electron chi connectivity index (χ3n) is 7.59. The predicted molar refractivity (Wildman–Crippen MR) is 155 cm³/mol. The number of hydrogen-bond donors (Lipinski definition) is 6. The molecule has 3 saturated heterocycles. The molecule has 3 aliphatic rings. The molecule has 0 spiro atoms. The number of rotatable bonds is 3. The van der Waals surface area contributed by atoms with Crippen LogP contribution in [0.5, 0.6) is 0 Å². The van der Waals surface area contributed by atoms with Gasteiger partial charge in [0.15, 0.2) is 34.8 Å². The zero-order valence-electron chi connectivity index (χ0n) is 23.7. The number of phosphoric acid groups is 1. The number of ether oxygens (including phenoxy) is 2. The third kappa shape index (κ3) is 5.68. The van der Waals surface area contributed by atoms with Crippen molar-refractivity contribution < 1.29 is 51.8 Å². The summed E-state index contributed by atoms with van der Waals surface area (Å²) in [7, 11) is -5.30. The number of nitrogens with one attached hydrogen (secondary N) is 2. The van der Waals surface area contributed by atoms with Gasteiger partial charge in [-0.3, -0.25) is 42.3 Å². The molecule has 4 aromatic heterocycles. The van der Waals surface area contributed by atoms with Crippen molar-refractivity contribution in [3.8, 4) is 0 Å². The van der Waals surface area contributed by atoms with Crippen molar-refractivity contribution in [1.29, 1.82) is 0 Å². The van der Waals surface area contributed by atoms with E-state index in [1.54, 1.807) is 0 Å². The Balaban J connectivity index is 1.19. The molecule has 7 heterocycles. The molecule has 2 unspecified atom stereocenters. The summed E-state index contributed by atoms with van der Waals surface area (Å²) in [5, 5.41) is 22.5. The van der Waals surface area contributed by atoms with Crippen molar-refractivity contribution in [1.82, 2.24) is 39.0 Å². The summed E-state index contributed by atoms with van der Waals surface area (Å²) in [4.78, 5) is 58.2. The summed E-state index contributed by atoms with van der Waals surface area (Å²) in [6.07, 6.45) is -8.64. The molecule has 47 heavy (non-hydrogen) atoms. The van der Waals surface area contributed by atoms with E-state index in [0.717, 1.165) is 17.2 Å². The van der Waals surface area contributed by atoms with Crippen LogP contribution in [0.4, 0.5) is 11.9 Å². The van der Waals surface area contributed by atoms with Gasteiger partial charge in [-0.05, 0) is 17.6 Å². The number of nitrogens with two attached hydrogens (primary N) is 2. The van der Waals surface area contributed by atoms with Crippen molar-refractivity contribution in [2.24, 2.45) is 0 Å². The first-order chi connectivity index (χ1) is 22.3. The molecule has 0 aliphatic carbocycles. The van der Waals surface area contributed by atoms with Gasteiger partial charge in [0.1, 0.15) is 36.6 Å². The van der Waals surface area contributed by atoms with Crippen LogP contribution >= 0.6 is 26.0 Å². The molecule has 0 bridgehead atoms. The van der Waals surface area contributed by atoms with Crippen LogP contribution in [0, 0.1) is 0 Å². The number of imidazole rings is 2. The van der Waals surface area contributed by atoms with E-state index in [4.69, 9.17) is 39.0 Å². The highest BCUT2D eigenvalue weighted by atomic mass is 32.7. The number of nitrogen functional groups attached to an aromatic ring is 2. The molecule has 0 amide bonds. The lowest BCUT2D eigenvalue weighted by molar-refractivity contribution is -0.236. The summed E-state index contributed by atoms with van der Waals surface area (Å²) in [6.45, 7) is -5.69. The molecule has 7 rings (SSSR count). The highest BCUT2D eigenvalue weighted by Gasteiger charge is 2.53. The first-order valence-electron chi connectivity index (χ1n) is 13.5. The number of nitrogens with zero attached hydrogens (tertiary/aromatic N) is 6. The lowest BCUT2D eigenvalue weighted by Gasteiger charge is -2.32. The quantitative estimate of drug-likeness (QED) is 0.121. The fourth-order valence-corrected chi connectivity index (χ4v) is 8.61. The van der Waals surface area contributed by atoms with E-state index in [0.29, 0.717) is 11.4 Å². The normalized spacial score (nSPS) is 36.6. The number of H-pyrrole nitrogens is 2. The minimum atomic E-state index is -5.30. The Hall–Kier alpha value is -3.25. The molecular weight excluding hydrogens is 694 g/mol. The molecule has 0 radical (unpaired) electrons. The number of aliphatic hydroxyl groups is 2. The number of aliphatic hydroxyl groups excluding tert-OH is 2. The molecule has 8 N–H and O–H groups in total. The molecule has 3 fully saturated rings. The maximum absolute atomic E-state index is 13.8. The van der Waals surface area contributed by atoms with Gasteiger partial charge < -0.3 is 45.1 Å². The lowest BCUT2D eigenvalue weighted by atomic mass is 10.1. The smallest absolute Gasteiger partial charge is 0.389 e. The van der Waals surface area contributed by atoms with Crippen LogP contribution in [0.15, 0.2) is 22.2 Å². The summed E-state index contributed by atoms with van der Waals surface area (Å²) in [6, 6.07) is 0. The fraction of sp³-hybridized carbons (Fsp3) is 0.524. The molecule has 3 aliphatic heterocycles. The molecule has 0 aromatic carbocycles. The highest BCUT2D eigenvalue weighted by molar-refractivity contribution is 8.54. The van der Waals surface area contributed by atoms with Gasteiger partial charge in [-0.25, -0.2) is 14.5 Å². The van der Waals surface area contributed by atoms with Gasteiger partial charge in [0.2, 0.25) is 11.9 Å². The van der Waals surface area contributed by atoms with E-state index in [-0.39, 0.29) is 34.2 Å². The van der Waals surface area contributed by atoms with Gasteiger partial charge in [0.25, 0.3) is 18.9 Å². The van der Waals surface area contributed by atoms with Crippen LogP contribution in [-0.2, 0) is 36.7 Å². The summed E-state index contributed by atoms with van der Waals surface area (Å²) in [5.74, 6) is -0.509. The second-order valence-electron chi connectivity index (χ2n) is 10.5. The van der Waals surface area contributed by atoms with Crippen molar-refractivity contribution >= 4 is 60.2 Å². The molecule has 4 aromatic rings. The van der Waals surface area contributed by atoms with Crippen molar-refractivity contribution in [2.75, 3.05) is 30.9 Å². The van der Waals surface area contributed by atoms with E-state index < -0.39 is 88.0 Å². The number of anilines is 2. The second kappa shape index (κ2) is 11.7. The summed E-state index contributed by atoms with van der Waals surface area (Å²) < 4.78 is 62.7. The van der Waals surface area contributed by atoms with Crippen molar-refractivity contribution in [2.45, 2.75) is 49.1 Å². The first kappa shape index (κ1) is 32.3. The van der Waals surface area contributed by atoms with Crippen LogP contribution in [-0.4, -0.2) is 105 Å². The van der Waals surface area contributed by atoms with Gasteiger partial charge in [-0.2, -0.15) is 9.97 Å². The number of aromatic nitrogens is 8. The van der Waals surface area contributed by atoms with Gasteiger partial charge >= 0.3 is 6.80 Å². The number of fused-ring (bicyclic) bond motifs is 4. The minimum absolute atomic E-state index is 0.0719. The van der Waals surface area contributed by atoms with Crippen molar-refractivity contribution in [3.05, 3.63) is 33.4 Å². The Morgan fingerprint density at radius 3 is 1.83 bits per heavy atom.